The van der Waals surface area contributed by atoms with Crippen molar-refractivity contribution >= 4 is 29.8 Å². The monoisotopic (exact) mass is 408 g/mol. The molecule has 0 radical (unpaired) electrons. The average Bonchev–Trinajstić information content (AvgIpc) is 3.16. The molecule has 29 heavy (non-hydrogen) atoms. The average molecular weight is 408 g/mol. The summed E-state index contributed by atoms with van der Waals surface area (Å²) in [6.07, 6.45) is -0.857. The van der Waals surface area contributed by atoms with E-state index in [-0.39, 0.29) is 18.2 Å². The minimum Gasteiger partial charge on any atom is -0.443 e. The molecule has 158 valence electrons. The van der Waals surface area contributed by atoms with Gasteiger partial charge in [-0.05, 0) is 39.8 Å². The smallest absolute Gasteiger partial charge is 0.418 e. The Kier molecular flexibility index (Phi) is 8.22. The summed E-state index contributed by atoms with van der Waals surface area (Å²) >= 11 is 0. The maximum Gasteiger partial charge on any atom is 0.418 e. The molecule has 0 aliphatic carbocycles. The van der Waals surface area contributed by atoms with Gasteiger partial charge in [-0.1, -0.05) is 23.1 Å². The van der Waals surface area contributed by atoms with Crippen LogP contribution in [0.5, 0.6) is 0 Å². The van der Waals surface area contributed by atoms with Crippen molar-refractivity contribution < 1.29 is 24.0 Å². The Bertz CT molecular complexity index is 819. The Labute approximate surface area is 167 Å². The molecule has 0 aliphatic heterocycles. The maximum absolute atomic E-state index is 12.9. The Balaban J connectivity index is 3.26. The van der Waals surface area contributed by atoms with Crippen molar-refractivity contribution in [2.45, 2.75) is 59.6 Å². The molecule has 1 aromatic rings. The van der Waals surface area contributed by atoms with E-state index in [2.05, 4.69) is 42.5 Å². The highest BCUT2D eigenvalue weighted by atomic mass is 16.7. The lowest BCUT2D eigenvalue weighted by molar-refractivity contribution is -0.143. The van der Waals surface area contributed by atoms with Crippen LogP contribution in [0.15, 0.2) is 5.16 Å². The summed E-state index contributed by atoms with van der Waals surface area (Å²) in [7, 11) is 0. The van der Waals surface area contributed by atoms with Crippen molar-refractivity contribution in [2.75, 3.05) is 4.90 Å². The van der Waals surface area contributed by atoms with E-state index in [0.29, 0.717) is 5.01 Å². The Hall–Kier alpha value is -3.53. The van der Waals surface area contributed by atoms with Gasteiger partial charge in [0, 0.05) is 6.42 Å². The number of rotatable bonds is 5. The molecule has 1 rings (SSSR count). The van der Waals surface area contributed by atoms with Gasteiger partial charge in [-0.25, -0.2) is 25.3 Å². The van der Waals surface area contributed by atoms with E-state index in [1.54, 1.807) is 27.7 Å². The molecule has 0 aromatic carbocycles. The number of H-pyrrole nitrogens is 1. The van der Waals surface area contributed by atoms with Crippen LogP contribution in [0, 0.1) is 11.8 Å². The summed E-state index contributed by atoms with van der Waals surface area (Å²) in [5, 5.41) is 17.1. The van der Waals surface area contributed by atoms with Gasteiger partial charge in [0.15, 0.2) is 11.9 Å². The second-order valence-corrected chi connectivity index (χ2v) is 6.52. The van der Waals surface area contributed by atoms with Gasteiger partial charge in [-0.15, -0.1) is 11.0 Å². The number of aromatic nitrogens is 4. The molecule has 13 nitrogen and oxygen atoms in total. The molecule has 0 saturated carbocycles. The van der Waals surface area contributed by atoms with Crippen molar-refractivity contribution in [3.8, 4) is 11.8 Å². The van der Waals surface area contributed by atoms with Crippen LogP contribution in [0.25, 0.3) is 0 Å². The number of amides is 2. The number of oxime groups is 1. The lowest BCUT2D eigenvalue weighted by Gasteiger charge is -2.29. The third-order valence-electron chi connectivity index (χ3n) is 3.07. The number of anilines is 1. The largest absolute Gasteiger partial charge is 0.443 e. The molecule has 0 saturated heterocycles. The van der Waals surface area contributed by atoms with Crippen LogP contribution < -0.4 is 10.7 Å². The lowest BCUT2D eigenvalue weighted by atomic mass is 10.2. The fourth-order valence-corrected chi connectivity index (χ4v) is 1.76. The van der Waals surface area contributed by atoms with Crippen molar-refractivity contribution in [2.24, 2.45) is 11.0 Å². The third kappa shape index (κ3) is 6.85. The second kappa shape index (κ2) is 10.1. The molecule has 0 spiro atoms. The predicted octanol–water partition coefficient (Wildman–Crippen LogP) is 0.322. The van der Waals surface area contributed by atoms with Gasteiger partial charge in [0.2, 0.25) is 0 Å². The Morgan fingerprint density at radius 3 is 2.48 bits per heavy atom. The fraction of sp³-hybridized carbons (Fsp3) is 0.562. The number of carbonyl (C=O) groups is 3. The number of nitrogens with one attached hydrogen (secondary N) is 1. The summed E-state index contributed by atoms with van der Waals surface area (Å²) in [6, 6.07) is -1.47. The SMILES string of the molecule is CC#CC(C(=O)N(N)C(C)=NOC(=O)CC)N(C(=O)OC(C)(C)C)c1nn[nH]n1. The number of hydrazine groups is 1. The van der Waals surface area contributed by atoms with Gasteiger partial charge in [0.05, 0.1) is 0 Å². The molecule has 13 heteroatoms. The molecule has 3 N–H and O–H groups in total. The number of ether oxygens (including phenoxy) is 1. The second-order valence-electron chi connectivity index (χ2n) is 6.52. The van der Waals surface area contributed by atoms with Crippen LogP contribution in [0.1, 0.15) is 48.0 Å². The van der Waals surface area contributed by atoms with Crippen molar-refractivity contribution in [3.05, 3.63) is 0 Å². The molecule has 1 heterocycles. The molecule has 0 fully saturated rings. The first-order valence-corrected chi connectivity index (χ1v) is 8.52. The number of hydrogen-bond acceptors (Lipinski definition) is 10. The number of amidine groups is 1. The zero-order chi connectivity index (χ0) is 22.2. The number of aromatic amines is 1. The molecular formula is C16H24N8O5. The molecule has 1 unspecified atom stereocenters. The third-order valence-corrected chi connectivity index (χ3v) is 3.07. The minimum atomic E-state index is -1.47. The number of tetrazole rings is 1. The van der Waals surface area contributed by atoms with Crippen LogP contribution in [-0.4, -0.2) is 61.1 Å². The normalized spacial score (nSPS) is 12.3. The van der Waals surface area contributed by atoms with Gasteiger partial charge in [-0.3, -0.25) is 4.79 Å². The van der Waals surface area contributed by atoms with Crippen LogP contribution >= 0.6 is 0 Å². The first-order valence-electron chi connectivity index (χ1n) is 8.52. The Morgan fingerprint density at radius 2 is 2.00 bits per heavy atom. The minimum absolute atomic E-state index is 0.0868. The van der Waals surface area contributed by atoms with E-state index in [9.17, 15) is 14.4 Å². The fourth-order valence-electron chi connectivity index (χ4n) is 1.76. The highest BCUT2D eigenvalue weighted by Gasteiger charge is 2.38. The summed E-state index contributed by atoms with van der Waals surface area (Å²) < 4.78 is 5.32. The first kappa shape index (κ1) is 23.5. The number of nitrogens with zero attached hydrogens (tertiary/aromatic N) is 6. The molecule has 0 bridgehead atoms. The van der Waals surface area contributed by atoms with Gasteiger partial charge in [0.1, 0.15) is 5.60 Å². The zero-order valence-corrected chi connectivity index (χ0v) is 17.1. The number of hydrogen-bond donors (Lipinski definition) is 2. The summed E-state index contributed by atoms with van der Waals surface area (Å²) in [5.41, 5.74) is -0.875. The van der Waals surface area contributed by atoms with E-state index in [0.717, 1.165) is 4.90 Å². The van der Waals surface area contributed by atoms with Crippen molar-refractivity contribution in [1.82, 2.24) is 25.6 Å². The highest BCUT2D eigenvalue weighted by molar-refractivity contribution is 6.05. The lowest BCUT2D eigenvalue weighted by Crippen LogP contribution is -2.55. The van der Waals surface area contributed by atoms with Gasteiger partial charge >= 0.3 is 12.1 Å². The summed E-state index contributed by atoms with van der Waals surface area (Å²) in [4.78, 5) is 42.3. The van der Waals surface area contributed by atoms with E-state index >= 15 is 0 Å². The van der Waals surface area contributed by atoms with Crippen LogP contribution in [0.4, 0.5) is 10.7 Å². The van der Waals surface area contributed by atoms with Gasteiger partial charge in [-0.2, -0.15) is 5.21 Å². The highest BCUT2D eigenvalue weighted by Crippen LogP contribution is 2.17. The number of nitrogens with two attached hydrogens (primary N) is 1. The topological polar surface area (TPSA) is 169 Å². The summed E-state index contributed by atoms with van der Waals surface area (Å²) in [6.45, 7) is 9.33. The maximum atomic E-state index is 12.9. The standard InChI is InChI=1S/C16H24N8O5/c1-7-9-11(13(26)24(17)10(3)20-29-12(25)8-2)23(14-18-21-22-19-14)15(27)28-16(4,5)6/h11H,8,17H2,1-6H3,(H,18,19,21,22). The molecule has 1 aromatic heterocycles. The van der Waals surface area contributed by atoms with E-state index < -0.39 is 29.6 Å². The predicted molar refractivity (Wildman–Crippen MR) is 101 cm³/mol. The molecule has 0 aliphatic rings. The van der Waals surface area contributed by atoms with E-state index in [4.69, 9.17) is 10.6 Å². The van der Waals surface area contributed by atoms with Crippen LogP contribution in [-0.2, 0) is 19.2 Å². The molecule has 2 amide bonds. The first-order chi connectivity index (χ1) is 13.5. The van der Waals surface area contributed by atoms with E-state index in [1.165, 1.54) is 13.8 Å². The van der Waals surface area contributed by atoms with Crippen LogP contribution in [0.3, 0.4) is 0 Å². The quantitative estimate of drug-likeness (QED) is 0.132. The zero-order valence-electron chi connectivity index (χ0n) is 17.1. The van der Waals surface area contributed by atoms with Gasteiger partial charge < -0.3 is 9.57 Å². The molecule has 1 atom stereocenters. The van der Waals surface area contributed by atoms with Crippen molar-refractivity contribution in [1.29, 1.82) is 0 Å². The summed E-state index contributed by atoms with van der Waals surface area (Å²) in [5.74, 6) is 9.03. The van der Waals surface area contributed by atoms with Crippen molar-refractivity contribution in [3.63, 3.8) is 0 Å². The number of carbonyl (C=O) groups excluding carboxylic acids is 3. The van der Waals surface area contributed by atoms with Gasteiger partial charge in [0.25, 0.3) is 11.9 Å². The molecular weight excluding hydrogens is 384 g/mol. The van der Waals surface area contributed by atoms with E-state index in [1.807, 2.05) is 0 Å². The van der Waals surface area contributed by atoms with Crippen LogP contribution in [0.2, 0.25) is 0 Å². The Morgan fingerprint density at radius 1 is 1.34 bits per heavy atom.